The fourth-order valence-corrected chi connectivity index (χ4v) is 3.70. The molecule has 2 amide bonds. The molecule has 0 aliphatic carbocycles. The van der Waals surface area contributed by atoms with Gasteiger partial charge in [0, 0.05) is 18.3 Å². The first-order valence-electron chi connectivity index (χ1n) is 9.24. The van der Waals surface area contributed by atoms with Gasteiger partial charge in [-0.05, 0) is 50.2 Å². The summed E-state index contributed by atoms with van der Waals surface area (Å²) in [4.78, 5) is 35.3. The molecule has 2 N–H and O–H groups in total. The van der Waals surface area contributed by atoms with Crippen LogP contribution in [-0.2, 0) is 29.0 Å². The van der Waals surface area contributed by atoms with Gasteiger partial charge in [-0.25, -0.2) is 8.42 Å². The van der Waals surface area contributed by atoms with Crippen LogP contribution in [0, 0.1) is 6.92 Å². The lowest BCUT2D eigenvalue weighted by atomic mass is 10.2. The van der Waals surface area contributed by atoms with E-state index in [0.29, 0.717) is 11.4 Å². The standard InChI is InChI=1S/C21H24N2O6S/c1-14-4-10-19(11-5-14)30(27,28)13-12-20(25)29-15(2)21(26)23-18-8-6-17(7-9-18)22-16(3)24/h4-11,15H,12-13H2,1-3H3,(H,22,24)(H,23,26). The van der Waals surface area contributed by atoms with Crippen molar-refractivity contribution in [2.24, 2.45) is 0 Å². The summed E-state index contributed by atoms with van der Waals surface area (Å²) in [6.45, 7) is 4.63. The fourth-order valence-electron chi connectivity index (χ4n) is 2.47. The molecule has 0 spiro atoms. The molecule has 30 heavy (non-hydrogen) atoms. The molecule has 2 aromatic carbocycles. The first kappa shape index (κ1) is 23.1. The number of hydrogen-bond acceptors (Lipinski definition) is 6. The summed E-state index contributed by atoms with van der Waals surface area (Å²) >= 11 is 0. The van der Waals surface area contributed by atoms with Crippen molar-refractivity contribution in [2.75, 3.05) is 16.4 Å². The van der Waals surface area contributed by atoms with Crippen LogP contribution in [-0.4, -0.2) is 38.1 Å². The van der Waals surface area contributed by atoms with E-state index < -0.39 is 33.6 Å². The van der Waals surface area contributed by atoms with Crippen LogP contribution < -0.4 is 10.6 Å². The number of anilines is 2. The summed E-state index contributed by atoms with van der Waals surface area (Å²) in [5.41, 5.74) is 1.96. The molecule has 9 heteroatoms. The number of hydrogen-bond donors (Lipinski definition) is 2. The summed E-state index contributed by atoms with van der Waals surface area (Å²) in [7, 11) is -3.62. The van der Waals surface area contributed by atoms with E-state index in [9.17, 15) is 22.8 Å². The Morgan fingerprint density at radius 3 is 2.00 bits per heavy atom. The van der Waals surface area contributed by atoms with Crippen LogP contribution >= 0.6 is 0 Å². The van der Waals surface area contributed by atoms with E-state index in [1.54, 1.807) is 36.4 Å². The predicted octanol–water partition coefficient (Wildman–Crippen LogP) is 2.69. The average Bonchev–Trinajstić information content (AvgIpc) is 2.68. The van der Waals surface area contributed by atoms with Crippen LogP contribution in [0.1, 0.15) is 25.8 Å². The predicted molar refractivity (Wildman–Crippen MR) is 113 cm³/mol. The second kappa shape index (κ2) is 10.0. The smallest absolute Gasteiger partial charge is 0.307 e. The van der Waals surface area contributed by atoms with Crippen LogP contribution in [0.5, 0.6) is 0 Å². The summed E-state index contributed by atoms with van der Waals surface area (Å²) in [6.07, 6.45) is -1.46. The zero-order valence-corrected chi connectivity index (χ0v) is 17.8. The molecule has 0 heterocycles. The van der Waals surface area contributed by atoms with Crippen LogP contribution in [0.4, 0.5) is 11.4 Å². The zero-order chi connectivity index (χ0) is 22.3. The van der Waals surface area contributed by atoms with E-state index in [2.05, 4.69) is 10.6 Å². The number of amides is 2. The van der Waals surface area contributed by atoms with Gasteiger partial charge in [-0.3, -0.25) is 14.4 Å². The minimum absolute atomic E-state index is 0.134. The Hall–Kier alpha value is -3.20. The highest BCUT2D eigenvalue weighted by atomic mass is 32.2. The molecule has 2 rings (SSSR count). The molecule has 0 aliphatic rings. The van der Waals surface area contributed by atoms with Gasteiger partial charge in [0.05, 0.1) is 17.1 Å². The van der Waals surface area contributed by atoms with Crippen molar-refractivity contribution in [1.29, 1.82) is 0 Å². The van der Waals surface area contributed by atoms with E-state index >= 15 is 0 Å². The molecule has 0 radical (unpaired) electrons. The van der Waals surface area contributed by atoms with Gasteiger partial charge in [0.15, 0.2) is 15.9 Å². The molecule has 1 atom stereocenters. The van der Waals surface area contributed by atoms with E-state index in [0.717, 1.165) is 5.56 Å². The molecule has 0 saturated heterocycles. The number of nitrogens with one attached hydrogen (secondary N) is 2. The second-order valence-electron chi connectivity index (χ2n) is 6.76. The van der Waals surface area contributed by atoms with Gasteiger partial charge < -0.3 is 15.4 Å². The molecule has 0 aromatic heterocycles. The number of esters is 1. The van der Waals surface area contributed by atoms with Crippen molar-refractivity contribution < 1.29 is 27.5 Å². The van der Waals surface area contributed by atoms with Crippen molar-refractivity contribution >= 4 is 39.0 Å². The number of aryl methyl sites for hydroxylation is 1. The molecule has 2 aromatic rings. The van der Waals surface area contributed by atoms with Crippen LogP contribution in [0.3, 0.4) is 0 Å². The van der Waals surface area contributed by atoms with E-state index in [1.807, 2.05) is 6.92 Å². The Balaban J connectivity index is 1.85. The third kappa shape index (κ3) is 7.00. The summed E-state index contributed by atoms with van der Waals surface area (Å²) in [5, 5.41) is 5.19. The molecule has 0 fully saturated rings. The zero-order valence-electron chi connectivity index (χ0n) is 17.0. The van der Waals surface area contributed by atoms with Gasteiger partial charge in [-0.2, -0.15) is 0 Å². The first-order chi connectivity index (χ1) is 14.1. The van der Waals surface area contributed by atoms with E-state index in [-0.39, 0.29) is 17.2 Å². The SMILES string of the molecule is CC(=O)Nc1ccc(NC(=O)C(C)OC(=O)CCS(=O)(=O)c2ccc(C)cc2)cc1. The Labute approximate surface area is 175 Å². The Kier molecular flexibility index (Phi) is 7.71. The highest BCUT2D eigenvalue weighted by Gasteiger charge is 2.21. The lowest BCUT2D eigenvalue weighted by Gasteiger charge is -2.14. The van der Waals surface area contributed by atoms with Gasteiger partial charge in [0.25, 0.3) is 5.91 Å². The largest absolute Gasteiger partial charge is 0.453 e. The van der Waals surface area contributed by atoms with Crippen molar-refractivity contribution in [3.63, 3.8) is 0 Å². The highest BCUT2D eigenvalue weighted by Crippen LogP contribution is 2.15. The maximum absolute atomic E-state index is 12.3. The van der Waals surface area contributed by atoms with Crippen molar-refractivity contribution in [1.82, 2.24) is 0 Å². The summed E-state index contributed by atoms with van der Waals surface area (Å²) in [6, 6.07) is 12.7. The molecular formula is C21H24N2O6S. The number of carbonyl (C=O) groups excluding carboxylic acids is 3. The molecule has 8 nitrogen and oxygen atoms in total. The maximum Gasteiger partial charge on any atom is 0.307 e. The monoisotopic (exact) mass is 432 g/mol. The van der Waals surface area contributed by atoms with Gasteiger partial charge in [0.2, 0.25) is 5.91 Å². The third-order valence-electron chi connectivity index (χ3n) is 4.11. The van der Waals surface area contributed by atoms with Crippen molar-refractivity contribution in [2.45, 2.75) is 38.2 Å². The summed E-state index contributed by atoms with van der Waals surface area (Å²) in [5.74, 6) is -1.96. The lowest BCUT2D eigenvalue weighted by Crippen LogP contribution is -2.30. The Morgan fingerprint density at radius 2 is 1.47 bits per heavy atom. The number of carbonyl (C=O) groups is 3. The van der Waals surface area contributed by atoms with Crippen molar-refractivity contribution in [3.05, 3.63) is 54.1 Å². The van der Waals surface area contributed by atoms with Gasteiger partial charge in [-0.1, -0.05) is 17.7 Å². The Bertz CT molecular complexity index is 1010. The number of sulfone groups is 1. The molecule has 0 saturated carbocycles. The minimum Gasteiger partial charge on any atom is -0.453 e. The molecule has 160 valence electrons. The third-order valence-corrected chi connectivity index (χ3v) is 5.84. The molecule has 0 aliphatic heterocycles. The normalized spacial score (nSPS) is 12.0. The number of benzene rings is 2. The summed E-state index contributed by atoms with van der Waals surface area (Å²) < 4.78 is 29.6. The van der Waals surface area contributed by atoms with Gasteiger partial charge in [-0.15, -0.1) is 0 Å². The fraction of sp³-hybridized carbons (Fsp3) is 0.286. The molecule has 1 unspecified atom stereocenters. The second-order valence-corrected chi connectivity index (χ2v) is 8.87. The van der Waals surface area contributed by atoms with Crippen LogP contribution in [0.25, 0.3) is 0 Å². The van der Waals surface area contributed by atoms with Crippen LogP contribution in [0.2, 0.25) is 0 Å². The minimum atomic E-state index is -3.62. The van der Waals surface area contributed by atoms with E-state index in [4.69, 9.17) is 4.74 Å². The Morgan fingerprint density at radius 1 is 0.933 bits per heavy atom. The average molecular weight is 432 g/mol. The van der Waals surface area contributed by atoms with E-state index in [1.165, 1.54) is 26.0 Å². The molecular weight excluding hydrogens is 408 g/mol. The topological polar surface area (TPSA) is 119 Å². The first-order valence-corrected chi connectivity index (χ1v) is 10.9. The van der Waals surface area contributed by atoms with Gasteiger partial charge in [0.1, 0.15) is 0 Å². The lowest BCUT2D eigenvalue weighted by molar-refractivity contribution is -0.152. The maximum atomic E-state index is 12.3. The highest BCUT2D eigenvalue weighted by molar-refractivity contribution is 7.91. The van der Waals surface area contributed by atoms with Gasteiger partial charge >= 0.3 is 5.97 Å². The van der Waals surface area contributed by atoms with Crippen molar-refractivity contribution in [3.8, 4) is 0 Å². The molecule has 0 bridgehead atoms. The quantitative estimate of drug-likeness (QED) is 0.619. The number of ether oxygens (including phenoxy) is 1. The number of rotatable bonds is 8. The van der Waals surface area contributed by atoms with Crippen LogP contribution in [0.15, 0.2) is 53.4 Å².